The second-order valence-corrected chi connectivity index (χ2v) is 6.81. The summed E-state index contributed by atoms with van der Waals surface area (Å²) in [6, 6.07) is 13.9. The first-order valence-corrected chi connectivity index (χ1v) is 8.52. The number of hydrogen-bond acceptors (Lipinski definition) is 3. The highest BCUT2D eigenvalue weighted by molar-refractivity contribution is 7.15. The molecule has 3 rings (SSSR count). The molecule has 0 fully saturated rings. The highest BCUT2D eigenvalue weighted by Gasteiger charge is 2.10. The Morgan fingerprint density at radius 3 is 2.83 bits per heavy atom. The standard InChI is InChI=1S/C18H14ClFN2OS/c19-14-6-3-4-12(8-14)9-15-11-21-18(24-15)22-17(23)10-13-5-1-2-7-16(13)20/h1-8,11H,9-10H2,(H,21,22,23). The number of anilines is 1. The lowest BCUT2D eigenvalue weighted by Crippen LogP contribution is -2.14. The minimum atomic E-state index is -0.381. The van der Waals surface area contributed by atoms with E-state index in [-0.39, 0.29) is 18.1 Å². The molecule has 122 valence electrons. The van der Waals surface area contributed by atoms with E-state index in [4.69, 9.17) is 11.6 Å². The van der Waals surface area contributed by atoms with Gasteiger partial charge >= 0.3 is 0 Å². The van der Waals surface area contributed by atoms with Crippen LogP contribution in [-0.2, 0) is 17.6 Å². The van der Waals surface area contributed by atoms with Gasteiger partial charge in [-0.15, -0.1) is 11.3 Å². The first kappa shape index (κ1) is 16.6. The average Bonchev–Trinajstić information content (AvgIpc) is 2.96. The summed E-state index contributed by atoms with van der Waals surface area (Å²) in [4.78, 5) is 17.2. The molecule has 1 N–H and O–H groups in total. The van der Waals surface area contributed by atoms with Crippen LogP contribution in [0.5, 0.6) is 0 Å². The maximum Gasteiger partial charge on any atom is 0.230 e. The Bertz CT molecular complexity index is 865. The van der Waals surface area contributed by atoms with Crippen LogP contribution in [-0.4, -0.2) is 10.9 Å². The van der Waals surface area contributed by atoms with Crippen molar-refractivity contribution in [2.45, 2.75) is 12.8 Å². The van der Waals surface area contributed by atoms with Gasteiger partial charge in [0.05, 0.1) is 6.42 Å². The third-order valence-corrected chi connectivity index (χ3v) is 4.52. The number of carbonyl (C=O) groups is 1. The molecule has 1 amide bonds. The number of nitrogens with one attached hydrogen (secondary N) is 1. The van der Waals surface area contributed by atoms with Gasteiger partial charge in [-0.25, -0.2) is 9.37 Å². The second-order valence-electron chi connectivity index (χ2n) is 5.25. The van der Waals surface area contributed by atoms with Crippen LogP contribution in [0.1, 0.15) is 16.0 Å². The molecular weight excluding hydrogens is 347 g/mol. The number of aromatic nitrogens is 1. The molecule has 0 spiro atoms. The van der Waals surface area contributed by atoms with E-state index in [0.29, 0.717) is 22.1 Å². The maximum atomic E-state index is 13.6. The number of halogens is 2. The van der Waals surface area contributed by atoms with E-state index in [1.165, 1.54) is 17.4 Å². The fourth-order valence-electron chi connectivity index (χ4n) is 2.27. The van der Waals surface area contributed by atoms with Crippen molar-refractivity contribution in [3.05, 3.63) is 81.6 Å². The van der Waals surface area contributed by atoms with Gasteiger partial charge in [0, 0.05) is 22.5 Å². The lowest BCUT2D eigenvalue weighted by atomic mass is 10.1. The predicted octanol–water partition coefficient (Wildman–Crippen LogP) is 4.71. The number of hydrogen-bond donors (Lipinski definition) is 1. The van der Waals surface area contributed by atoms with Gasteiger partial charge in [0.1, 0.15) is 5.82 Å². The van der Waals surface area contributed by atoms with E-state index in [2.05, 4.69) is 10.3 Å². The topological polar surface area (TPSA) is 42.0 Å². The number of rotatable bonds is 5. The third kappa shape index (κ3) is 4.40. The normalized spacial score (nSPS) is 10.6. The molecule has 1 aromatic heterocycles. The zero-order valence-corrected chi connectivity index (χ0v) is 14.2. The van der Waals surface area contributed by atoms with Gasteiger partial charge in [-0.3, -0.25) is 4.79 Å². The highest BCUT2D eigenvalue weighted by Crippen LogP contribution is 2.22. The predicted molar refractivity (Wildman–Crippen MR) is 95.1 cm³/mol. The summed E-state index contributed by atoms with van der Waals surface area (Å²) >= 11 is 7.37. The Morgan fingerprint density at radius 2 is 2.04 bits per heavy atom. The Balaban J connectivity index is 1.61. The zero-order valence-electron chi connectivity index (χ0n) is 12.6. The quantitative estimate of drug-likeness (QED) is 0.716. The molecule has 0 radical (unpaired) electrons. The van der Waals surface area contributed by atoms with Gasteiger partial charge in [0.2, 0.25) is 5.91 Å². The molecule has 0 saturated heterocycles. The van der Waals surface area contributed by atoms with Crippen molar-refractivity contribution in [1.82, 2.24) is 4.98 Å². The van der Waals surface area contributed by atoms with Crippen LogP contribution in [0.3, 0.4) is 0 Å². The highest BCUT2D eigenvalue weighted by atomic mass is 35.5. The Labute approximate surface area is 148 Å². The number of amides is 1. The van der Waals surface area contributed by atoms with E-state index in [0.717, 1.165) is 10.4 Å². The molecule has 0 atom stereocenters. The second kappa shape index (κ2) is 7.55. The molecule has 24 heavy (non-hydrogen) atoms. The first-order valence-electron chi connectivity index (χ1n) is 7.32. The summed E-state index contributed by atoms with van der Waals surface area (Å²) in [6.07, 6.45) is 2.40. The number of carbonyl (C=O) groups excluding carboxylic acids is 1. The number of thiazole rings is 1. The third-order valence-electron chi connectivity index (χ3n) is 3.38. The monoisotopic (exact) mass is 360 g/mol. The van der Waals surface area contributed by atoms with E-state index in [9.17, 15) is 9.18 Å². The molecule has 0 aliphatic heterocycles. The minimum absolute atomic E-state index is 0.0180. The van der Waals surface area contributed by atoms with Crippen LogP contribution in [0.2, 0.25) is 5.02 Å². The van der Waals surface area contributed by atoms with Crippen molar-refractivity contribution in [3.8, 4) is 0 Å². The van der Waals surface area contributed by atoms with Gasteiger partial charge in [0.15, 0.2) is 5.13 Å². The lowest BCUT2D eigenvalue weighted by molar-refractivity contribution is -0.115. The smallest absolute Gasteiger partial charge is 0.230 e. The molecule has 6 heteroatoms. The molecular formula is C18H14ClFN2OS. The number of benzene rings is 2. The van der Waals surface area contributed by atoms with Gasteiger partial charge in [0.25, 0.3) is 0 Å². The van der Waals surface area contributed by atoms with Crippen LogP contribution in [0, 0.1) is 5.82 Å². The van der Waals surface area contributed by atoms with E-state index >= 15 is 0 Å². The molecule has 0 aliphatic carbocycles. The summed E-state index contributed by atoms with van der Waals surface area (Å²) in [5.74, 6) is -0.669. The van der Waals surface area contributed by atoms with Crippen molar-refractivity contribution in [2.75, 3.05) is 5.32 Å². The first-order chi connectivity index (χ1) is 11.6. The fourth-order valence-corrected chi connectivity index (χ4v) is 3.35. The summed E-state index contributed by atoms with van der Waals surface area (Å²) in [7, 11) is 0. The summed E-state index contributed by atoms with van der Waals surface area (Å²) in [5, 5.41) is 3.91. The van der Waals surface area contributed by atoms with Gasteiger partial charge in [-0.05, 0) is 29.3 Å². The van der Waals surface area contributed by atoms with Crippen LogP contribution in [0.15, 0.2) is 54.7 Å². The van der Waals surface area contributed by atoms with Crippen LogP contribution in [0.25, 0.3) is 0 Å². The summed E-state index contributed by atoms with van der Waals surface area (Å²) in [6.45, 7) is 0. The fraction of sp³-hybridized carbons (Fsp3) is 0.111. The Hall–Kier alpha value is -2.24. The largest absolute Gasteiger partial charge is 0.302 e. The Morgan fingerprint density at radius 1 is 1.21 bits per heavy atom. The van der Waals surface area contributed by atoms with E-state index in [1.54, 1.807) is 24.4 Å². The van der Waals surface area contributed by atoms with Crippen molar-refractivity contribution >= 4 is 34.0 Å². The molecule has 3 nitrogen and oxygen atoms in total. The molecule has 0 aliphatic rings. The maximum absolute atomic E-state index is 13.6. The molecule has 0 saturated carbocycles. The number of nitrogens with zero attached hydrogens (tertiary/aromatic N) is 1. The van der Waals surface area contributed by atoms with Gasteiger partial charge < -0.3 is 5.32 Å². The van der Waals surface area contributed by atoms with Crippen LogP contribution >= 0.6 is 22.9 Å². The summed E-state index contributed by atoms with van der Waals surface area (Å²) < 4.78 is 13.6. The van der Waals surface area contributed by atoms with Crippen LogP contribution in [0.4, 0.5) is 9.52 Å². The molecule has 0 bridgehead atoms. The van der Waals surface area contributed by atoms with E-state index < -0.39 is 0 Å². The molecule has 0 unspecified atom stereocenters. The average molecular weight is 361 g/mol. The molecule has 2 aromatic carbocycles. The van der Waals surface area contributed by atoms with Crippen molar-refractivity contribution in [3.63, 3.8) is 0 Å². The Kier molecular flexibility index (Phi) is 5.23. The van der Waals surface area contributed by atoms with Gasteiger partial charge in [-0.1, -0.05) is 41.9 Å². The molecule has 1 heterocycles. The lowest BCUT2D eigenvalue weighted by Gasteiger charge is -2.03. The van der Waals surface area contributed by atoms with Crippen molar-refractivity contribution < 1.29 is 9.18 Å². The SMILES string of the molecule is O=C(Cc1ccccc1F)Nc1ncc(Cc2cccc(Cl)c2)s1. The van der Waals surface area contributed by atoms with Crippen molar-refractivity contribution in [2.24, 2.45) is 0 Å². The van der Waals surface area contributed by atoms with E-state index in [1.807, 2.05) is 24.3 Å². The molecule has 3 aromatic rings. The zero-order chi connectivity index (χ0) is 16.9. The summed E-state index contributed by atoms with van der Waals surface area (Å²) in [5.41, 5.74) is 1.45. The van der Waals surface area contributed by atoms with Gasteiger partial charge in [-0.2, -0.15) is 0 Å². The van der Waals surface area contributed by atoms with Crippen molar-refractivity contribution in [1.29, 1.82) is 0 Å². The minimum Gasteiger partial charge on any atom is -0.302 e. The van der Waals surface area contributed by atoms with Crippen LogP contribution < -0.4 is 5.32 Å².